The molecule has 0 atom stereocenters. The predicted molar refractivity (Wildman–Crippen MR) is 71.8 cm³/mol. The van der Waals surface area contributed by atoms with Crippen LogP contribution in [0.4, 0.5) is 5.69 Å². The molecule has 1 aromatic rings. The molecule has 0 aromatic heterocycles. The molecule has 0 unspecified atom stereocenters. The van der Waals surface area contributed by atoms with Gasteiger partial charge >= 0.3 is 0 Å². The van der Waals surface area contributed by atoms with Crippen molar-refractivity contribution in [1.82, 2.24) is 5.32 Å². The molecular formula is C13H17ClN2O2. The van der Waals surface area contributed by atoms with Gasteiger partial charge in [-0.3, -0.25) is 4.79 Å². The van der Waals surface area contributed by atoms with Crippen LogP contribution in [0.15, 0.2) is 24.3 Å². The maximum atomic E-state index is 11.8. The molecule has 98 valence electrons. The fourth-order valence-electron chi connectivity index (χ4n) is 2.02. The number of carbonyl (C=O) groups excluding carboxylic acids is 1. The molecule has 1 saturated carbocycles. The van der Waals surface area contributed by atoms with Crippen molar-refractivity contribution in [3.05, 3.63) is 29.3 Å². The van der Waals surface area contributed by atoms with E-state index in [-0.39, 0.29) is 24.6 Å². The first-order valence-electron chi connectivity index (χ1n) is 6.05. The number of amides is 1. The van der Waals surface area contributed by atoms with Crippen molar-refractivity contribution in [2.45, 2.75) is 24.8 Å². The molecule has 5 heteroatoms. The summed E-state index contributed by atoms with van der Waals surface area (Å²) in [6, 6.07) is 7.11. The first-order valence-corrected chi connectivity index (χ1v) is 6.43. The summed E-state index contributed by atoms with van der Waals surface area (Å²) in [5, 5.41) is 15.6. The highest BCUT2D eigenvalue weighted by Crippen LogP contribution is 2.30. The molecule has 1 fully saturated rings. The van der Waals surface area contributed by atoms with Crippen LogP contribution in [-0.4, -0.2) is 29.7 Å². The summed E-state index contributed by atoms with van der Waals surface area (Å²) in [5.41, 5.74) is 0.357. The van der Waals surface area contributed by atoms with Crippen LogP contribution < -0.4 is 10.6 Å². The van der Waals surface area contributed by atoms with Crippen LogP contribution >= 0.6 is 11.6 Å². The molecule has 3 N–H and O–H groups in total. The molecular weight excluding hydrogens is 252 g/mol. The normalized spacial score (nSPS) is 17.0. The van der Waals surface area contributed by atoms with Crippen molar-refractivity contribution in [3.8, 4) is 0 Å². The summed E-state index contributed by atoms with van der Waals surface area (Å²) < 4.78 is 0. The Hall–Kier alpha value is -1.10. The molecule has 1 aliphatic carbocycles. The zero-order chi connectivity index (χ0) is 13.0. The van der Waals surface area contributed by atoms with Crippen molar-refractivity contribution in [1.29, 1.82) is 0 Å². The van der Waals surface area contributed by atoms with Crippen LogP contribution in [0.25, 0.3) is 0 Å². The molecule has 1 aliphatic rings. The Kier molecular flexibility index (Phi) is 4.22. The van der Waals surface area contributed by atoms with Crippen molar-refractivity contribution in [2.24, 2.45) is 0 Å². The molecule has 0 spiro atoms. The Morgan fingerprint density at radius 2 is 2.11 bits per heavy atom. The van der Waals surface area contributed by atoms with Crippen molar-refractivity contribution in [3.63, 3.8) is 0 Å². The van der Waals surface area contributed by atoms with Gasteiger partial charge in [-0.2, -0.15) is 0 Å². The standard InChI is InChI=1S/C13H17ClN2O2/c14-10-4-1-2-5-11(10)16-12(18)8-15-13(9-17)6-3-7-13/h1-2,4-5,15,17H,3,6-9H2,(H,16,18). The number of benzene rings is 1. The number of hydrogen-bond acceptors (Lipinski definition) is 3. The lowest BCUT2D eigenvalue weighted by Gasteiger charge is -2.41. The Labute approximate surface area is 111 Å². The Morgan fingerprint density at radius 3 is 2.67 bits per heavy atom. The maximum Gasteiger partial charge on any atom is 0.238 e. The molecule has 0 saturated heterocycles. The zero-order valence-electron chi connectivity index (χ0n) is 10.1. The minimum Gasteiger partial charge on any atom is -0.394 e. The summed E-state index contributed by atoms with van der Waals surface area (Å²) in [7, 11) is 0. The summed E-state index contributed by atoms with van der Waals surface area (Å²) in [4.78, 5) is 11.8. The van der Waals surface area contributed by atoms with Crippen LogP contribution in [0, 0.1) is 0 Å². The number of para-hydroxylation sites is 1. The molecule has 0 aliphatic heterocycles. The van der Waals surface area contributed by atoms with Gasteiger partial charge in [0.1, 0.15) is 0 Å². The van der Waals surface area contributed by atoms with Gasteiger partial charge < -0.3 is 15.7 Å². The third kappa shape index (κ3) is 3.02. The minimum absolute atomic E-state index is 0.0758. The van der Waals surface area contributed by atoms with Crippen molar-refractivity contribution < 1.29 is 9.90 Å². The second kappa shape index (κ2) is 5.69. The molecule has 0 bridgehead atoms. The zero-order valence-corrected chi connectivity index (χ0v) is 10.8. The predicted octanol–water partition coefficient (Wildman–Crippen LogP) is 1.78. The number of carbonyl (C=O) groups is 1. The number of aliphatic hydroxyl groups is 1. The van der Waals surface area contributed by atoms with Crippen LogP contribution in [0.2, 0.25) is 5.02 Å². The Bertz CT molecular complexity index is 427. The number of rotatable bonds is 5. The van der Waals surface area contributed by atoms with E-state index in [0.29, 0.717) is 10.7 Å². The van der Waals surface area contributed by atoms with Gasteiger partial charge in [0.15, 0.2) is 0 Å². The summed E-state index contributed by atoms with van der Waals surface area (Å²) in [6.07, 6.45) is 2.94. The van der Waals surface area contributed by atoms with E-state index in [1.807, 2.05) is 12.1 Å². The second-order valence-corrected chi connectivity index (χ2v) is 5.08. The van der Waals surface area contributed by atoms with Crippen LogP contribution in [0.3, 0.4) is 0 Å². The lowest BCUT2D eigenvalue weighted by molar-refractivity contribution is -0.116. The average Bonchev–Trinajstić information content (AvgIpc) is 2.31. The monoisotopic (exact) mass is 268 g/mol. The van der Waals surface area contributed by atoms with Crippen LogP contribution in [0.1, 0.15) is 19.3 Å². The highest BCUT2D eigenvalue weighted by atomic mass is 35.5. The fraction of sp³-hybridized carbons (Fsp3) is 0.462. The van der Waals surface area contributed by atoms with E-state index in [2.05, 4.69) is 10.6 Å². The van der Waals surface area contributed by atoms with Crippen LogP contribution in [0.5, 0.6) is 0 Å². The Balaban J connectivity index is 1.84. The lowest BCUT2D eigenvalue weighted by atomic mass is 9.77. The van der Waals surface area contributed by atoms with Gasteiger partial charge in [-0.15, -0.1) is 0 Å². The summed E-state index contributed by atoms with van der Waals surface area (Å²) >= 11 is 5.95. The third-order valence-corrected chi connectivity index (χ3v) is 3.71. The average molecular weight is 269 g/mol. The van der Waals surface area contributed by atoms with Gasteiger partial charge in [0, 0.05) is 5.54 Å². The highest BCUT2D eigenvalue weighted by Gasteiger charge is 2.35. The van der Waals surface area contributed by atoms with E-state index in [1.165, 1.54) is 0 Å². The molecule has 2 rings (SSSR count). The van der Waals surface area contributed by atoms with E-state index in [4.69, 9.17) is 11.6 Å². The summed E-state index contributed by atoms with van der Waals surface area (Å²) in [6.45, 7) is 0.262. The number of nitrogens with one attached hydrogen (secondary N) is 2. The van der Waals surface area contributed by atoms with Gasteiger partial charge in [0.05, 0.1) is 23.9 Å². The number of anilines is 1. The SMILES string of the molecule is O=C(CNC1(CO)CCC1)Nc1ccccc1Cl. The quantitative estimate of drug-likeness (QED) is 0.763. The van der Waals surface area contributed by atoms with E-state index >= 15 is 0 Å². The molecule has 18 heavy (non-hydrogen) atoms. The molecule has 4 nitrogen and oxygen atoms in total. The number of aliphatic hydroxyl groups excluding tert-OH is 1. The van der Waals surface area contributed by atoms with E-state index < -0.39 is 0 Å². The molecule has 0 heterocycles. The lowest BCUT2D eigenvalue weighted by Crippen LogP contribution is -2.55. The largest absolute Gasteiger partial charge is 0.394 e. The van der Waals surface area contributed by atoms with E-state index in [0.717, 1.165) is 19.3 Å². The third-order valence-electron chi connectivity index (χ3n) is 3.39. The van der Waals surface area contributed by atoms with Gasteiger partial charge in [0.2, 0.25) is 5.91 Å². The smallest absolute Gasteiger partial charge is 0.238 e. The molecule has 1 amide bonds. The van der Waals surface area contributed by atoms with Gasteiger partial charge in [0.25, 0.3) is 0 Å². The summed E-state index contributed by atoms with van der Waals surface area (Å²) in [5.74, 6) is -0.150. The maximum absolute atomic E-state index is 11.8. The van der Waals surface area contributed by atoms with Gasteiger partial charge in [-0.05, 0) is 31.4 Å². The van der Waals surface area contributed by atoms with E-state index in [9.17, 15) is 9.90 Å². The first kappa shape index (κ1) is 13.3. The Morgan fingerprint density at radius 1 is 1.39 bits per heavy atom. The first-order chi connectivity index (χ1) is 8.65. The van der Waals surface area contributed by atoms with Crippen LogP contribution in [-0.2, 0) is 4.79 Å². The topological polar surface area (TPSA) is 61.4 Å². The van der Waals surface area contributed by atoms with Crippen molar-refractivity contribution in [2.75, 3.05) is 18.5 Å². The second-order valence-electron chi connectivity index (χ2n) is 4.67. The number of hydrogen-bond donors (Lipinski definition) is 3. The number of halogens is 1. The minimum atomic E-state index is -0.252. The van der Waals surface area contributed by atoms with Gasteiger partial charge in [-0.25, -0.2) is 0 Å². The molecule has 0 radical (unpaired) electrons. The fourth-order valence-corrected chi connectivity index (χ4v) is 2.20. The van der Waals surface area contributed by atoms with Crippen molar-refractivity contribution >= 4 is 23.2 Å². The molecule has 1 aromatic carbocycles. The van der Waals surface area contributed by atoms with Gasteiger partial charge in [-0.1, -0.05) is 23.7 Å². The highest BCUT2D eigenvalue weighted by molar-refractivity contribution is 6.33. The van der Waals surface area contributed by atoms with E-state index in [1.54, 1.807) is 12.1 Å².